The maximum atomic E-state index is 8.60. The molecule has 2 rings (SSSR count). The molecular formula is C10H13N5. The molecule has 0 bridgehead atoms. The molecule has 1 fully saturated rings. The van der Waals surface area contributed by atoms with Crippen molar-refractivity contribution in [3.63, 3.8) is 0 Å². The van der Waals surface area contributed by atoms with Gasteiger partial charge in [-0.25, -0.2) is 0 Å². The Kier molecular flexibility index (Phi) is 2.79. The van der Waals surface area contributed by atoms with Crippen LogP contribution in [-0.2, 0) is 0 Å². The predicted octanol–water partition coefficient (Wildman–Crippen LogP) is 0.100. The van der Waals surface area contributed by atoms with Gasteiger partial charge in [-0.15, -0.1) is 10.2 Å². The molecule has 0 unspecified atom stereocenters. The van der Waals surface area contributed by atoms with Crippen LogP contribution in [0.25, 0.3) is 0 Å². The molecule has 1 aromatic rings. The van der Waals surface area contributed by atoms with Crippen molar-refractivity contribution in [1.29, 1.82) is 5.26 Å². The van der Waals surface area contributed by atoms with Gasteiger partial charge >= 0.3 is 0 Å². The average molecular weight is 203 g/mol. The number of hydrogen-bond donors (Lipinski definition) is 0. The molecule has 1 aliphatic heterocycles. The van der Waals surface area contributed by atoms with Crippen molar-refractivity contribution >= 4 is 5.82 Å². The number of rotatable bonds is 1. The zero-order chi connectivity index (χ0) is 10.7. The van der Waals surface area contributed by atoms with Crippen molar-refractivity contribution in [2.45, 2.75) is 0 Å². The quantitative estimate of drug-likeness (QED) is 0.648. The van der Waals surface area contributed by atoms with Crippen LogP contribution in [0.5, 0.6) is 0 Å². The Morgan fingerprint density at radius 3 is 2.47 bits per heavy atom. The Bertz CT molecular complexity index is 358. The van der Waals surface area contributed by atoms with Crippen molar-refractivity contribution in [3.8, 4) is 6.07 Å². The van der Waals surface area contributed by atoms with Crippen molar-refractivity contribution in [1.82, 2.24) is 15.1 Å². The second-order valence-corrected chi connectivity index (χ2v) is 3.68. The number of nitriles is 1. The maximum absolute atomic E-state index is 8.60. The summed E-state index contributed by atoms with van der Waals surface area (Å²) in [6.45, 7) is 4.03. The van der Waals surface area contributed by atoms with E-state index in [1.54, 1.807) is 6.07 Å². The number of anilines is 1. The molecule has 5 nitrogen and oxygen atoms in total. The van der Waals surface area contributed by atoms with E-state index in [1.807, 2.05) is 12.1 Å². The molecule has 0 aliphatic carbocycles. The highest BCUT2D eigenvalue weighted by atomic mass is 15.3. The molecule has 2 heterocycles. The zero-order valence-corrected chi connectivity index (χ0v) is 8.72. The van der Waals surface area contributed by atoms with Gasteiger partial charge in [-0.3, -0.25) is 0 Å². The van der Waals surface area contributed by atoms with Gasteiger partial charge in [0, 0.05) is 26.2 Å². The number of likely N-dealkylation sites (N-methyl/N-ethyl adjacent to an activating group) is 1. The van der Waals surface area contributed by atoms with Crippen LogP contribution in [0.2, 0.25) is 0 Å². The van der Waals surface area contributed by atoms with Gasteiger partial charge in [-0.05, 0) is 19.2 Å². The first kappa shape index (κ1) is 9.87. The van der Waals surface area contributed by atoms with Gasteiger partial charge in [0.05, 0.1) is 0 Å². The topological polar surface area (TPSA) is 56.0 Å². The van der Waals surface area contributed by atoms with Gasteiger partial charge in [0.1, 0.15) is 6.07 Å². The Balaban J connectivity index is 2.07. The molecule has 0 saturated carbocycles. The summed E-state index contributed by atoms with van der Waals surface area (Å²) >= 11 is 0. The van der Waals surface area contributed by atoms with E-state index in [1.165, 1.54) is 0 Å². The van der Waals surface area contributed by atoms with E-state index >= 15 is 0 Å². The summed E-state index contributed by atoms with van der Waals surface area (Å²) in [6.07, 6.45) is 0. The fourth-order valence-electron chi connectivity index (χ4n) is 1.59. The maximum Gasteiger partial charge on any atom is 0.163 e. The molecule has 0 radical (unpaired) electrons. The monoisotopic (exact) mass is 203 g/mol. The normalized spacial score (nSPS) is 17.5. The van der Waals surface area contributed by atoms with Crippen LogP contribution in [0.3, 0.4) is 0 Å². The van der Waals surface area contributed by atoms with Crippen LogP contribution in [0.4, 0.5) is 5.82 Å². The highest BCUT2D eigenvalue weighted by Crippen LogP contribution is 2.11. The highest BCUT2D eigenvalue weighted by Gasteiger charge is 2.15. The van der Waals surface area contributed by atoms with E-state index in [2.05, 4.69) is 27.0 Å². The van der Waals surface area contributed by atoms with Crippen LogP contribution in [0, 0.1) is 11.3 Å². The summed E-state index contributed by atoms with van der Waals surface area (Å²) in [5.41, 5.74) is 0.368. The predicted molar refractivity (Wildman–Crippen MR) is 56.5 cm³/mol. The van der Waals surface area contributed by atoms with Gasteiger partial charge in [-0.2, -0.15) is 5.26 Å². The van der Waals surface area contributed by atoms with Crippen molar-refractivity contribution in [2.24, 2.45) is 0 Å². The van der Waals surface area contributed by atoms with E-state index in [0.29, 0.717) is 5.69 Å². The van der Waals surface area contributed by atoms with Gasteiger partial charge in [-0.1, -0.05) is 0 Å². The molecule has 78 valence electrons. The van der Waals surface area contributed by atoms with E-state index in [0.717, 1.165) is 32.0 Å². The number of piperazine rings is 1. The Morgan fingerprint density at radius 2 is 1.93 bits per heavy atom. The standard InChI is InChI=1S/C10H13N5/c1-14-4-6-15(7-5-14)10-3-2-9(8-11)12-13-10/h2-3H,4-7H2,1H3. The van der Waals surface area contributed by atoms with Crippen LogP contribution in [-0.4, -0.2) is 48.3 Å². The summed E-state index contributed by atoms with van der Waals surface area (Å²) < 4.78 is 0. The molecule has 1 saturated heterocycles. The summed E-state index contributed by atoms with van der Waals surface area (Å²) in [4.78, 5) is 4.47. The highest BCUT2D eigenvalue weighted by molar-refractivity contribution is 5.39. The number of aromatic nitrogens is 2. The lowest BCUT2D eigenvalue weighted by Crippen LogP contribution is -2.44. The van der Waals surface area contributed by atoms with E-state index in [-0.39, 0.29) is 0 Å². The zero-order valence-electron chi connectivity index (χ0n) is 8.72. The lowest BCUT2D eigenvalue weighted by molar-refractivity contribution is 0.312. The first-order chi connectivity index (χ1) is 7.29. The van der Waals surface area contributed by atoms with Gasteiger partial charge in [0.25, 0.3) is 0 Å². The van der Waals surface area contributed by atoms with Crippen molar-refractivity contribution < 1.29 is 0 Å². The minimum atomic E-state index is 0.368. The smallest absolute Gasteiger partial charge is 0.163 e. The second kappa shape index (κ2) is 4.24. The molecule has 0 spiro atoms. The van der Waals surface area contributed by atoms with Crippen LogP contribution < -0.4 is 4.90 Å². The van der Waals surface area contributed by atoms with Crippen LogP contribution in [0.15, 0.2) is 12.1 Å². The second-order valence-electron chi connectivity index (χ2n) is 3.68. The van der Waals surface area contributed by atoms with E-state index < -0.39 is 0 Å². The lowest BCUT2D eigenvalue weighted by atomic mass is 10.3. The first-order valence-electron chi connectivity index (χ1n) is 4.97. The third-order valence-electron chi connectivity index (χ3n) is 2.59. The van der Waals surface area contributed by atoms with Gasteiger partial charge < -0.3 is 9.80 Å². The number of nitrogens with zero attached hydrogens (tertiary/aromatic N) is 5. The molecule has 1 aromatic heterocycles. The fourth-order valence-corrected chi connectivity index (χ4v) is 1.59. The Morgan fingerprint density at radius 1 is 1.20 bits per heavy atom. The summed E-state index contributed by atoms with van der Waals surface area (Å²) in [7, 11) is 2.11. The lowest BCUT2D eigenvalue weighted by Gasteiger charge is -2.32. The summed E-state index contributed by atoms with van der Waals surface area (Å²) in [5.74, 6) is 0.863. The molecule has 0 aromatic carbocycles. The largest absolute Gasteiger partial charge is 0.353 e. The van der Waals surface area contributed by atoms with E-state index in [9.17, 15) is 0 Å². The molecule has 1 aliphatic rings. The summed E-state index contributed by atoms with van der Waals surface area (Å²) in [5, 5.41) is 16.5. The third-order valence-corrected chi connectivity index (χ3v) is 2.59. The van der Waals surface area contributed by atoms with E-state index in [4.69, 9.17) is 5.26 Å². The Hall–Kier alpha value is -1.67. The molecule has 0 N–H and O–H groups in total. The Labute approximate surface area is 88.9 Å². The van der Waals surface area contributed by atoms with Gasteiger partial charge in [0.15, 0.2) is 11.5 Å². The summed E-state index contributed by atoms with van der Waals surface area (Å²) in [6, 6.07) is 5.53. The minimum Gasteiger partial charge on any atom is -0.353 e. The fraction of sp³-hybridized carbons (Fsp3) is 0.500. The van der Waals surface area contributed by atoms with Gasteiger partial charge in [0.2, 0.25) is 0 Å². The van der Waals surface area contributed by atoms with Crippen LogP contribution >= 0.6 is 0 Å². The third kappa shape index (κ3) is 2.22. The average Bonchev–Trinajstić information content (AvgIpc) is 2.30. The van der Waals surface area contributed by atoms with Crippen molar-refractivity contribution in [3.05, 3.63) is 17.8 Å². The SMILES string of the molecule is CN1CCN(c2ccc(C#N)nn2)CC1. The number of hydrogen-bond acceptors (Lipinski definition) is 5. The van der Waals surface area contributed by atoms with Crippen LogP contribution in [0.1, 0.15) is 5.69 Å². The molecular weight excluding hydrogens is 190 g/mol. The minimum absolute atomic E-state index is 0.368. The van der Waals surface area contributed by atoms with Crippen molar-refractivity contribution in [2.75, 3.05) is 38.1 Å². The molecule has 15 heavy (non-hydrogen) atoms. The molecule has 0 amide bonds. The molecule has 5 heteroatoms. The molecule has 0 atom stereocenters. The first-order valence-corrected chi connectivity index (χ1v) is 4.97.